The highest BCUT2D eigenvalue weighted by Gasteiger charge is 2.30. The van der Waals surface area contributed by atoms with E-state index in [1.54, 1.807) is 0 Å². The van der Waals surface area contributed by atoms with Crippen molar-refractivity contribution in [2.24, 2.45) is 0 Å². The van der Waals surface area contributed by atoms with Gasteiger partial charge in [-0.3, -0.25) is 5.32 Å². The van der Waals surface area contributed by atoms with E-state index < -0.39 is 17.8 Å². The van der Waals surface area contributed by atoms with E-state index in [0.717, 1.165) is 38.1 Å². The van der Waals surface area contributed by atoms with Crippen molar-refractivity contribution in [3.63, 3.8) is 0 Å². The highest BCUT2D eigenvalue weighted by molar-refractivity contribution is 5.84. The Balaban J connectivity index is 1.87. The van der Waals surface area contributed by atoms with Gasteiger partial charge in [0.25, 0.3) is 0 Å². The van der Waals surface area contributed by atoms with E-state index in [1.807, 2.05) is 0 Å². The molecule has 0 unspecified atom stereocenters. The Hall–Kier alpha value is -1.76. The number of piperidine rings is 1. The Labute approximate surface area is 114 Å². The Kier molecular flexibility index (Phi) is 4.49. The van der Waals surface area contributed by atoms with Crippen LogP contribution in [0.1, 0.15) is 18.4 Å². The molecule has 1 saturated heterocycles. The predicted molar refractivity (Wildman–Crippen MR) is 67.4 cm³/mol. The normalized spacial score (nSPS) is 16.8. The van der Waals surface area contributed by atoms with Crippen molar-refractivity contribution in [2.45, 2.75) is 25.1 Å². The van der Waals surface area contributed by atoms with Gasteiger partial charge in [0.1, 0.15) is 6.10 Å². The lowest BCUT2D eigenvalue weighted by Gasteiger charge is -2.22. The fourth-order valence-corrected chi connectivity index (χ4v) is 1.95. The van der Waals surface area contributed by atoms with Gasteiger partial charge in [0.15, 0.2) is 0 Å². The van der Waals surface area contributed by atoms with E-state index in [9.17, 15) is 18.0 Å². The van der Waals surface area contributed by atoms with Crippen molar-refractivity contribution in [3.8, 4) is 0 Å². The van der Waals surface area contributed by atoms with Gasteiger partial charge in [0.2, 0.25) is 0 Å². The number of nitrogens with one attached hydrogen (secondary N) is 2. The molecule has 4 nitrogen and oxygen atoms in total. The SMILES string of the molecule is O=C(Nc1ccc(C(F)(F)F)cc1)OC1CCNCC1. The molecule has 1 aromatic carbocycles. The molecule has 20 heavy (non-hydrogen) atoms. The maximum atomic E-state index is 12.4. The summed E-state index contributed by atoms with van der Waals surface area (Å²) in [5.74, 6) is 0. The second-order valence-electron chi connectivity index (χ2n) is 4.55. The number of anilines is 1. The zero-order chi connectivity index (χ0) is 14.6. The molecule has 7 heteroatoms. The van der Waals surface area contributed by atoms with E-state index in [1.165, 1.54) is 12.1 Å². The van der Waals surface area contributed by atoms with Crippen LogP contribution in [0.25, 0.3) is 0 Å². The Morgan fingerprint density at radius 1 is 1.20 bits per heavy atom. The second-order valence-corrected chi connectivity index (χ2v) is 4.55. The number of ether oxygens (including phenoxy) is 1. The molecular weight excluding hydrogens is 273 g/mol. The Morgan fingerprint density at radius 3 is 2.35 bits per heavy atom. The van der Waals surface area contributed by atoms with Crippen LogP contribution in [0.15, 0.2) is 24.3 Å². The molecule has 1 amide bonds. The van der Waals surface area contributed by atoms with Gasteiger partial charge in [-0.15, -0.1) is 0 Å². The topological polar surface area (TPSA) is 50.4 Å². The second kappa shape index (κ2) is 6.13. The van der Waals surface area contributed by atoms with Crippen LogP contribution in [0.3, 0.4) is 0 Å². The number of hydrogen-bond donors (Lipinski definition) is 2. The molecule has 0 aliphatic carbocycles. The monoisotopic (exact) mass is 288 g/mol. The van der Waals surface area contributed by atoms with Crippen LogP contribution in [0.4, 0.5) is 23.7 Å². The van der Waals surface area contributed by atoms with E-state index in [4.69, 9.17) is 4.74 Å². The third kappa shape index (κ3) is 4.12. The first-order valence-corrected chi connectivity index (χ1v) is 6.31. The van der Waals surface area contributed by atoms with Crippen molar-refractivity contribution >= 4 is 11.8 Å². The highest BCUT2D eigenvalue weighted by atomic mass is 19.4. The minimum absolute atomic E-state index is 0.148. The van der Waals surface area contributed by atoms with Gasteiger partial charge < -0.3 is 10.1 Å². The van der Waals surface area contributed by atoms with Crippen LogP contribution in [0.5, 0.6) is 0 Å². The van der Waals surface area contributed by atoms with E-state index >= 15 is 0 Å². The number of amides is 1. The number of hydrogen-bond acceptors (Lipinski definition) is 3. The van der Waals surface area contributed by atoms with Crippen molar-refractivity contribution in [1.29, 1.82) is 0 Å². The van der Waals surface area contributed by atoms with Gasteiger partial charge in [0.05, 0.1) is 5.56 Å². The number of rotatable bonds is 2. The zero-order valence-corrected chi connectivity index (χ0v) is 10.7. The lowest BCUT2D eigenvalue weighted by Crippen LogP contribution is -2.34. The fourth-order valence-electron chi connectivity index (χ4n) is 1.95. The largest absolute Gasteiger partial charge is 0.446 e. The van der Waals surface area contributed by atoms with Gasteiger partial charge in [-0.2, -0.15) is 13.2 Å². The molecule has 0 aromatic heterocycles. The van der Waals surface area contributed by atoms with Gasteiger partial charge in [-0.05, 0) is 50.2 Å². The highest BCUT2D eigenvalue weighted by Crippen LogP contribution is 2.29. The Bertz CT molecular complexity index is 454. The molecule has 1 aliphatic heterocycles. The Morgan fingerprint density at radius 2 is 1.80 bits per heavy atom. The van der Waals surface area contributed by atoms with Crippen LogP contribution in [0, 0.1) is 0 Å². The summed E-state index contributed by atoms with van der Waals surface area (Å²) < 4.78 is 42.3. The third-order valence-corrected chi connectivity index (χ3v) is 3.02. The van der Waals surface area contributed by atoms with Gasteiger partial charge in [-0.25, -0.2) is 4.79 Å². The summed E-state index contributed by atoms with van der Waals surface area (Å²) in [6, 6.07) is 4.24. The molecular formula is C13H15F3N2O2. The molecule has 1 aromatic rings. The number of carbonyl (C=O) groups excluding carboxylic acids is 1. The summed E-state index contributed by atoms with van der Waals surface area (Å²) in [6.45, 7) is 1.58. The van der Waals surface area contributed by atoms with Crippen LogP contribution in [0.2, 0.25) is 0 Å². The number of carbonyl (C=O) groups is 1. The lowest BCUT2D eigenvalue weighted by molar-refractivity contribution is -0.137. The molecule has 1 heterocycles. The van der Waals surface area contributed by atoms with Crippen LogP contribution >= 0.6 is 0 Å². The van der Waals surface area contributed by atoms with Crippen molar-refractivity contribution in [1.82, 2.24) is 5.32 Å². The van der Waals surface area contributed by atoms with Crippen LogP contribution < -0.4 is 10.6 Å². The molecule has 0 atom stereocenters. The fraction of sp³-hybridized carbons (Fsp3) is 0.462. The molecule has 0 bridgehead atoms. The maximum Gasteiger partial charge on any atom is 0.416 e. The summed E-state index contributed by atoms with van der Waals surface area (Å²) in [6.07, 6.45) is -3.70. The molecule has 110 valence electrons. The number of benzene rings is 1. The first kappa shape index (κ1) is 14.6. The van der Waals surface area contributed by atoms with Crippen LogP contribution in [-0.2, 0) is 10.9 Å². The summed E-state index contributed by atoms with van der Waals surface area (Å²) in [7, 11) is 0. The standard InChI is InChI=1S/C13H15F3N2O2/c14-13(15,16)9-1-3-10(4-2-9)18-12(19)20-11-5-7-17-8-6-11/h1-4,11,17H,5-8H2,(H,18,19). The predicted octanol–water partition coefficient (Wildman–Crippen LogP) is 3.01. The van der Waals surface area contributed by atoms with Crippen molar-refractivity contribution in [2.75, 3.05) is 18.4 Å². The van der Waals surface area contributed by atoms with Gasteiger partial charge in [0, 0.05) is 5.69 Å². The first-order valence-electron chi connectivity index (χ1n) is 6.31. The summed E-state index contributed by atoms with van der Waals surface area (Å²) in [4.78, 5) is 11.6. The minimum Gasteiger partial charge on any atom is -0.446 e. The van der Waals surface area contributed by atoms with Gasteiger partial charge in [-0.1, -0.05) is 0 Å². The minimum atomic E-state index is -4.38. The summed E-state index contributed by atoms with van der Waals surface area (Å²) in [5, 5.41) is 5.56. The first-order chi connectivity index (χ1) is 9.45. The van der Waals surface area contributed by atoms with Gasteiger partial charge >= 0.3 is 12.3 Å². The molecule has 1 aliphatic rings. The molecule has 2 rings (SSSR count). The average molecular weight is 288 g/mol. The molecule has 0 saturated carbocycles. The van der Waals surface area contributed by atoms with Crippen molar-refractivity contribution in [3.05, 3.63) is 29.8 Å². The molecule has 0 radical (unpaired) electrons. The lowest BCUT2D eigenvalue weighted by atomic mass is 10.1. The number of halogens is 3. The van der Waals surface area contributed by atoms with Crippen LogP contribution in [-0.4, -0.2) is 25.3 Å². The summed E-state index contributed by atoms with van der Waals surface area (Å²) in [5.41, 5.74) is -0.480. The molecule has 0 spiro atoms. The summed E-state index contributed by atoms with van der Waals surface area (Å²) >= 11 is 0. The third-order valence-electron chi connectivity index (χ3n) is 3.02. The van der Waals surface area contributed by atoms with E-state index in [-0.39, 0.29) is 11.8 Å². The smallest absolute Gasteiger partial charge is 0.416 e. The quantitative estimate of drug-likeness (QED) is 0.879. The number of alkyl halides is 3. The van der Waals surface area contributed by atoms with Crippen molar-refractivity contribution < 1.29 is 22.7 Å². The molecule has 1 fully saturated rings. The molecule has 2 N–H and O–H groups in total. The maximum absolute atomic E-state index is 12.4. The zero-order valence-electron chi connectivity index (χ0n) is 10.7. The average Bonchev–Trinajstić information content (AvgIpc) is 2.39. The van der Waals surface area contributed by atoms with E-state index in [2.05, 4.69) is 10.6 Å². The van der Waals surface area contributed by atoms with E-state index in [0.29, 0.717) is 0 Å².